The zero-order valence-electron chi connectivity index (χ0n) is 29.8. The van der Waals surface area contributed by atoms with Crippen molar-refractivity contribution < 1.29 is 24.2 Å². The van der Waals surface area contributed by atoms with E-state index in [-0.39, 0.29) is 25.2 Å². The van der Waals surface area contributed by atoms with E-state index in [2.05, 4.69) is 74.6 Å². The molecule has 0 heterocycles. The Morgan fingerprint density at radius 2 is 0.935 bits per heavy atom. The van der Waals surface area contributed by atoms with Gasteiger partial charge in [-0.25, -0.2) is 0 Å². The molecule has 264 valence electrons. The molecule has 5 nitrogen and oxygen atoms in total. The zero-order chi connectivity index (χ0) is 33.6. The van der Waals surface area contributed by atoms with Crippen LogP contribution in [0.15, 0.2) is 60.8 Å². The number of unbranched alkanes of at least 4 members (excludes halogenated alkanes) is 15. The maximum absolute atomic E-state index is 12.1. The van der Waals surface area contributed by atoms with Crippen LogP contribution in [0.5, 0.6) is 0 Å². The first-order valence-electron chi connectivity index (χ1n) is 18.8. The van der Waals surface area contributed by atoms with Gasteiger partial charge in [0.15, 0.2) is 6.10 Å². The first-order valence-corrected chi connectivity index (χ1v) is 18.8. The van der Waals surface area contributed by atoms with E-state index in [9.17, 15) is 14.7 Å². The number of rotatable bonds is 33. The normalized spacial score (nSPS) is 12.8. The fourth-order valence-electron chi connectivity index (χ4n) is 5.00. The summed E-state index contributed by atoms with van der Waals surface area (Å²) in [4.78, 5) is 24.2. The highest BCUT2D eigenvalue weighted by molar-refractivity contribution is 5.70. The van der Waals surface area contributed by atoms with E-state index in [1.807, 2.05) is 0 Å². The van der Waals surface area contributed by atoms with Crippen molar-refractivity contribution in [3.05, 3.63) is 60.8 Å². The third kappa shape index (κ3) is 34.5. The molecule has 1 N–H and O–H groups in total. The van der Waals surface area contributed by atoms with E-state index in [0.717, 1.165) is 57.8 Å². The van der Waals surface area contributed by atoms with Crippen molar-refractivity contribution in [2.45, 2.75) is 174 Å². The first kappa shape index (κ1) is 43.6. The van der Waals surface area contributed by atoms with Gasteiger partial charge in [-0.15, -0.1) is 0 Å². The molecule has 46 heavy (non-hydrogen) atoms. The SMILES string of the molecule is CC/C=C\C/C=C\C/C=C\C/C=C\C/C=C\CCCC(=O)OC[C@H](CO)OC(=O)CCCCCCCCCCCCCCCCC. The molecule has 0 aliphatic heterocycles. The first-order chi connectivity index (χ1) is 22.6. The molecule has 0 saturated carbocycles. The number of hydrogen-bond acceptors (Lipinski definition) is 5. The molecule has 0 saturated heterocycles. The fraction of sp³-hybridized carbons (Fsp3) is 0.707. The molecule has 0 rings (SSSR count). The van der Waals surface area contributed by atoms with Crippen LogP contribution in [0, 0.1) is 0 Å². The van der Waals surface area contributed by atoms with Crippen LogP contribution in [0.25, 0.3) is 0 Å². The molecule has 0 aromatic carbocycles. The van der Waals surface area contributed by atoms with Crippen LogP contribution < -0.4 is 0 Å². The van der Waals surface area contributed by atoms with Gasteiger partial charge in [0.2, 0.25) is 0 Å². The number of esters is 2. The minimum atomic E-state index is -0.793. The lowest BCUT2D eigenvalue weighted by Crippen LogP contribution is -2.28. The second-order valence-electron chi connectivity index (χ2n) is 12.3. The smallest absolute Gasteiger partial charge is 0.306 e. The Bertz CT molecular complexity index is 823. The fourth-order valence-corrected chi connectivity index (χ4v) is 5.00. The lowest BCUT2D eigenvalue weighted by molar-refractivity contribution is -0.161. The Morgan fingerprint density at radius 1 is 0.522 bits per heavy atom. The van der Waals surface area contributed by atoms with Gasteiger partial charge in [-0.1, -0.05) is 164 Å². The van der Waals surface area contributed by atoms with Crippen molar-refractivity contribution >= 4 is 11.9 Å². The summed E-state index contributed by atoms with van der Waals surface area (Å²) in [6.07, 6.45) is 47.1. The van der Waals surface area contributed by atoms with E-state index in [1.54, 1.807) is 0 Å². The van der Waals surface area contributed by atoms with Crippen LogP contribution >= 0.6 is 0 Å². The maximum Gasteiger partial charge on any atom is 0.306 e. The molecular formula is C41H70O5. The summed E-state index contributed by atoms with van der Waals surface area (Å²) in [5.74, 6) is -0.660. The predicted molar refractivity (Wildman–Crippen MR) is 196 cm³/mol. The molecular weight excluding hydrogens is 572 g/mol. The van der Waals surface area contributed by atoms with Crippen LogP contribution in [-0.2, 0) is 19.1 Å². The van der Waals surface area contributed by atoms with Crippen LogP contribution in [0.2, 0.25) is 0 Å². The van der Waals surface area contributed by atoms with Crippen molar-refractivity contribution in [2.75, 3.05) is 13.2 Å². The minimum Gasteiger partial charge on any atom is -0.462 e. The molecule has 0 amide bonds. The second kappa shape index (κ2) is 37.1. The van der Waals surface area contributed by atoms with Crippen LogP contribution in [-0.4, -0.2) is 36.4 Å². The topological polar surface area (TPSA) is 72.8 Å². The average molecular weight is 643 g/mol. The van der Waals surface area contributed by atoms with Gasteiger partial charge in [-0.3, -0.25) is 9.59 Å². The lowest BCUT2D eigenvalue weighted by atomic mass is 10.0. The van der Waals surface area contributed by atoms with Crippen molar-refractivity contribution in [1.82, 2.24) is 0 Å². The average Bonchev–Trinajstić information content (AvgIpc) is 3.06. The molecule has 1 atom stereocenters. The van der Waals surface area contributed by atoms with E-state index in [4.69, 9.17) is 9.47 Å². The van der Waals surface area contributed by atoms with Crippen LogP contribution in [0.3, 0.4) is 0 Å². The van der Waals surface area contributed by atoms with Gasteiger partial charge in [0, 0.05) is 12.8 Å². The third-order valence-electron chi connectivity index (χ3n) is 7.83. The molecule has 5 heteroatoms. The van der Waals surface area contributed by atoms with Gasteiger partial charge in [0.1, 0.15) is 6.61 Å². The zero-order valence-corrected chi connectivity index (χ0v) is 29.8. The summed E-state index contributed by atoms with van der Waals surface area (Å²) in [5, 5.41) is 9.53. The molecule has 0 bridgehead atoms. The molecule has 0 aromatic heterocycles. The number of allylic oxidation sites excluding steroid dienone is 10. The Balaban J connectivity index is 3.67. The number of aliphatic hydroxyl groups is 1. The summed E-state index contributed by atoms with van der Waals surface area (Å²) in [6.45, 7) is 3.97. The van der Waals surface area contributed by atoms with Crippen molar-refractivity contribution in [3.63, 3.8) is 0 Å². The van der Waals surface area contributed by atoms with E-state index < -0.39 is 6.10 Å². The van der Waals surface area contributed by atoms with Crippen molar-refractivity contribution in [3.8, 4) is 0 Å². The van der Waals surface area contributed by atoms with Crippen LogP contribution in [0.1, 0.15) is 168 Å². The largest absolute Gasteiger partial charge is 0.462 e. The maximum atomic E-state index is 12.1. The summed E-state index contributed by atoms with van der Waals surface area (Å²) >= 11 is 0. The predicted octanol–water partition coefficient (Wildman–Crippen LogP) is 11.6. The van der Waals surface area contributed by atoms with Gasteiger partial charge in [-0.05, 0) is 51.4 Å². The van der Waals surface area contributed by atoms with Crippen molar-refractivity contribution in [2.24, 2.45) is 0 Å². The number of hydrogen-bond donors (Lipinski definition) is 1. The molecule has 0 aliphatic rings. The van der Waals surface area contributed by atoms with Gasteiger partial charge >= 0.3 is 11.9 Å². The lowest BCUT2D eigenvalue weighted by Gasteiger charge is -2.15. The van der Waals surface area contributed by atoms with Gasteiger partial charge < -0.3 is 14.6 Å². The highest BCUT2D eigenvalue weighted by Crippen LogP contribution is 2.14. The van der Waals surface area contributed by atoms with E-state index >= 15 is 0 Å². The number of carbonyl (C=O) groups is 2. The van der Waals surface area contributed by atoms with E-state index in [0.29, 0.717) is 19.3 Å². The van der Waals surface area contributed by atoms with E-state index in [1.165, 1.54) is 77.0 Å². The van der Waals surface area contributed by atoms with Gasteiger partial charge in [0.25, 0.3) is 0 Å². The van der Waals surface area contributed by atoms with Gasteiger partial charge in [0.05, 0.1) is 6.61 Å². The third-order valence-corrected chi connectivity index (χ3v) is 7.83. The summed E-state index contributed by atoms with van der Waals surface area (Å²) in [6, 6.07) is 0. The highest BCUT2D eigenvalue weighted by Gasteiger charge is 2.16. The van der Waals surface area contributed by atoms with Gasteiger partial charge in [-0.2, -0.15) is 0 Å². The molecule has 0 fully saturated rings. The molecule has 0 spiro atoms. The summed E-state index contributed by atoms with van der Waals surface area (Å²) < 4.78 is 10.5. The number of carbonyl (C=O) groups excluding carboxylic acids is 2. The monoisotopic (exact) mass is 643 g/mol. The second-order valence-corrected chi connectivity index (χ2v) is 12.3. The highest BCUT2D eigenvalue weighted by atomic mass is 16.6. The number of aliphatic hydroxyl groups excluding tert-OH is 1. The Hall–Kier alpha value is -2.40. The Morgan fingerprint density at radius 3 is 1.39 bits per heavy atom. The summed E-state index contributed by atoms with van der Waals surface area (Å²) in [7, 11) is 0. The van der Waals surface area contributed by atoms with Crippen molar-refractivity contribution in [1.29, 1.82) is 0 Å². The quantitative estimate of drug-likeness (QED) is 0.0438. The molecule has 0 radical (unpaired) electrons. The molecule has 0 unspecified atom stereocenters. The molecule has 0 aliphatic carbocycles. The number of ether oxygens (including phenoxy) is 2. The Kier molecular flexibility index (Phi) is 35.1. The molecule has 0 aromatic rings. The minimum absolute atomic E-state index is 0.0956. The Labute approximate surface area is 283 Å². The standard InChI is InChI=1S/C41H70O5/c1-3-5-7-9-11-13-15-17-19-20-22-23-25-27-29-31-33-35-40(43)45-38-39(37-42)46-41(44)36-34-32-30-28-26-24-21-18-16-14-12-10-8-6-4-2/h5,7,11,13,17,19,22-23,27,29,39,42H,3-4,6,8-10,12,14-16,18,20-21,24-26,28,30-38H2,1-2H3/b7-5-,13-11-,19-17-,23-22-,29-27-/t39-/m0/s1. The van der Waals surface area contributed by atoms with Crippen LogP contribution in [0.4, 0.5) is 0 Å². The summed E-state index contributed by atoms with van der Waals surface area (Å²) in [5.41, 5.74) is 0.